The molecular formula is C20H34N2O5. The van der Waals surface area contributed by atoms with E-state index in [1.807, 2.05) is 20.8 Å². The fraction of sp³-hybridized carbons (Fsp3) is 0.850. The molecule has 27 heavy (non-hydrogen) atoms. The number of carbonyl (C=O) groups is 3. The van der Waals surface area contributed by atoms with E-state index < -0.39 is 35.2 Å². The van der Waals surface area contributed by atoms with E-state index >= 15 is 0 Å². The molecule has 0 aromatic carbocycles. The van der Waals surface area contributed by atoms with Crippen LogP contribution in [0.25, 0.3) is 0 Å². The Balaban J connectivity index is 2.23. The molecule has 2 rings (SSSR count). The summed E-state index contributed by atoms with van der Waals surface area (Å²) in [7, 11) is 1.34. The van der Waals surface area contributed by atoms with Gasteiger partial charge in [-0.05, 0) is 37.5 Å². The maximum atomic E-state index is 13.3. The number of carbonyl (C=O) groups excluding carboxylic acids is 3. The summed E-state index contributed by atoms with van der Waals surface area (Å²) in [5, 5.41) is 2.71. The van der Waals surface area contributed by atoms with Gasteiger partial charge in [-0.2, -0.15) is 0 Å². The molecule has 1 aliphatic carbocycles. The molecule has 1 unspecified atom stereocenters. The number of piperidine rings is 1. The Kier molecular flexibility index (Phi) is 5.32. The van der Waals surface area contributed by atoms with Crippen LogP contribution in [0.2, 0.25) is 0 Å². The molecule has 4 atom stereocenters. The lowest BCUT2D eigenvalue weighted by Crippen LogP contribution is -2.58. The quantitative estimate of drug-likeness (QED) is 0.759. The van der Waals surface area contributed by atoms with E-state index in [0.29, 0.717) is 6.54 Å². The third-order valence-electron chi connectivity index (χ3n) is 5.71. The van der Waals surface area contributed by atoms with Crippen LogP contribution in [0.5, 0.6) is 0 Å². The predicted molar refractivity (Wildman–Crippen MR) is 101 cm³/mol. The summed E-state index contributed by atoms with van der Waals surface area (Å²) in [5.74, 6) is -0.304. The summed E-state index contributed by atoms with van der Waals surface area (Å²) < 4.78 is 10.3. The molecule has 0 spiro atoms. The van der Waals surface area contributed by atoms with Gasteiger partial charge in [-0.25, -0.2) is 9.59 Å². The van der Waals surface area contributed by atoms with Crippen LogP contribution in [0.4, 0.5) is 4.79 Å². The molecule has 1 aliphatic heterocycles. The molecule has 2 aliphatic rings. The van der Waals surface area contributed by atoms with E-state index in [1.165, 1.54) is 7.11 Å². The zero-order chi connectivity index (χ0) is 20.9. The molecule has 0 radical (unpaired) electrons. The highest BCUT2D eigenvalue weighted by Crippen LogP contribution is 2.65. The number of methoxy groups -OCH3 is 1. The third-order valence-corrected chi connectivity index (χ3v) is 5.71. The van der Waals surface area contributed by atoms with Crippen molar-refractivity contribution in [1.29, 1.82) is 0 Å². The molecule has 7 nitrogen and oxygen atoms in total. The van der Waals surface area contributed by atoms with E-state index in [9.17, 15) is 14.4 Å². The molecular weight excluding hydrogens is 348 g/mol. The first-order chi connectivity index (χ1) is 12.1. The summed E-state index contributed by atoms with van der Waals surface area (Å²) in [4.78, 5) is 39.6. The van der Waals surface area contributed by atoms with Crippen LogP contribution in [0.15, 0.2) is 0 Å². The van der Waals surface area contributed by atoms with Crippen molar-refractivity contribution < 1.29 is 23.9 Å². The number of amides is 2. The highest BCUT2D eigenvalue weighted by molar-refractivity contribution is 5.91. The zero-order valence-corrected chi connectivity index (χ0v) is 18.0. The molecule has 2 amide bonds. The number of esters is 1. The van der Waals surface area contributed by atoms with Gasteiger partial charge in [-0.3, -0.25) is 4.79 Å². The first-order valence-corrected chi connectivity index (χ1v) is 9.49. The summed E-state index contributed by atoms with van der Waals surface area (Å²) in [6.45, 7) is 15.7. The van der Waals surface area contributed by atoms with Gasteiger partial charge in [0.1, 0.15) is 17.7 Å². The van der Waals surface area contributed by atoms with E-state index in [2.05, 4.69) is 19.2 Å². The molecule has 0 bridgehead atoms. The second-order valence-corrected chi connectivity index (χ2v) is 10.4. The smallest absolute Gasteiger partial charge is 0.408 e. The second-order valence-electron chi connectivity index (χ2n) is 10.4. The Hall–Kier alpha value is -1.79. The van der Waals surface area contributed by atoms with E-state index in [1.54, 1.807) is 25.7 Å². The van der Waals surface area contributed by atoms with E-state index in [-0.39, 0.29) is 23.2 Å². The van der Waals surface area contributed by atoms with Gasteiger partial charge < -0.3 is 19.7 Å². The van der Waals surface area contributed by atoms with Crippen molar-refractivity contribution in [2.45, 2.75) is 73.1 Å². The largest absolute Gasteiger partial charge is 0.467 e. The van der Waals surface area contributed by atoms with Gasteiger partial charge in [-0.15, -0.1) is 0 Å². The first-order valence-electron chi connectivity index (χ1n) is 9.49. The van der Waals surface area contributed by atoms with Crippen LogP contribution >= 0.6 is 0 Å². The number of fused-ring (bicyclic) bond motifs is 1. The first kappa shape index (κ1) is 21.5. The second kappa shape index (κ2) is 6.67. The van der Waals surface area contributed by atoms with Crippen LogP contribution < -0.4 is 5.32 Å². The lowest BCUT2D eigenvalue weighted by molar-refractivity contribution is -0.154. The fourth-order valence-corrected chi connectivity index (χ4v) is 4.14. The number of hydrogen-bond donors (Lipinski definition) is 1. The molecule has 1 saturated carbocycles. The van der Waals surface area contributed by atoms with E-state index in [4.69, 9.17) is 9.47 Å². The number of alkyl carbamates (subject to hydrolysis) is 1. The number of rotatable bonds is 3. The average molecular weight is 383 g/mol. The number of likely N-dealkylation sites (tertiary alicyclic amines) is 1. The zero-order valence-electron chi connectivity index (χ0n) is 18.0. The maximum absolute atomic E-state index is 13.3. The standard InChI is InChI=1S/C20H34N2O5/c1-18(2,3)14(21-17(25)27-19(4,5)6)15(23)22-10-11-12(20(11,7)8)13(22)16(24)26-9/h11-14H,10H2,1-9H3,(H,21,25)/t11-,12?,13-,14+/m0/s1. The Morgan fingerprint density at radius 2 is 1.67 bits per heavy atom. The van der Waals surface area contributed by atoms with Crippen molar-refractivity contribution in [1.82, 2.24) is 10.2 Å². The molecule has 7 heteroatoms. The number of ether oxygens (including phenoxy) is 2. The highest BCUT2D eigenvalue weighted by atomic mass is 16.6. The van der Waals surface area contributed by atoms with Gasteiger partial charge >= 0.3 is 12.1 Å². The van der Waals surface area contributed by atoms with Gasteiger partial charge in [0.25, 0.3) is 0 Å². The molecule has 0 aromatic rings. The Bertz CT molecular complexity index is 629. The molecule has 2 fully saturated rings. The van der Waals surface area contributed by atoms with Crippen LogP contribution in [0.3, 0.4) is 0 Å². The lowest BCUT2D eigenvalue weighted by Gasteiger charge is -2.37. The van der Waals surface area contributed by atoms with Gasteiger partial charge in [0, 0.05) is 12.5 Å². The van der Waals surface area contributed by atoms with Crippen molar-refractivity contribution in [3.05, 3.63) is 0 Å². The maximum Gasteiger partial charge on any atom is 0.408 e. The summed E-state index contributed by atoms with van der Waals surface area (Å²) in [6, 6.07) is -1.41. The minimum atomic E-state index is -0.805. The van der Waals surface area contributed by atoms with Crippen molar-refractivity contribution in [2.75, 3.05) is 13.7 Å². The van der Waals surface area contributed by atoms with Gasteiger partial charge in [0.05, 0.1) is 7.11 Å². The third kappa shape index (κ3) is 4.22. The van der Waals surface area contributed by atoms with Gasteiger partial charge in [0.15, 0.2) is 0 Å². The normalized spacial score (nSPS) is 27.4. The molecule has 1 heterocycles. The summed E-state index contributed by atoms with van der Waals surface area (Å²) in [5.41, 5.74) is -1.19. The number of nitrogens with one attached hydrogen (secondary N) is 1. The minimum absolute atomic E-state index is 0.0193. The van der Waals surface area contributed by atoms with Gasteiger partial charge in [-0.1, -0.05) is 34.6 Å². The monoisotopic (exact) mass is 382 g/mol. The van der Waals surface area contributed by atoms with Crippen LogP contribution in [-0.2, 0) is 19.1 Å². The number of nitrogens with zero attached hydrogens (tertiary/aromatic N) is 1. The average Bonchev–Trinajstić information content (AvgIpc) is 2.85. The van der Waals surface area contributed by atoms with Crippen molar-refractivity contribution >= 4 is 18.0 Å². The van der Waals surface area contributed by atoms with Crippen molar-refractivity contribution in [2.24, 2.45) is 22.7 Å². The van der Waals surface area contributed by atoms with Crippen molar-refractivity contribution in [3.8, 4) is 0 Å². The molecule has 0 aromatic heterocycles. The SMILES string of the molecule is COC(=O)[C@@H]1C2[C@H](CN1C(=O)[C@@H](NC(=O)OC(C)(C)C)C(C)(C)C)C2(C)C. The van der Waals surface area contributed by atoms with Gasteiger partial charge in [0.2, 0.25) is 5.91 Å². The summed E-state index contributed by atoms with van der Waals surface area (Å²) >= 11 is 0. The van der Waals surface area contributed by atoms with Crippen LogP contribution in [0.1, 0.15) is 55.4 Å². The topological polar surface area (TPSA) is 84.9 Å². The van der Waals surface area contributed by atoms with Crippen LogP contribution in [-0.4, -0.2) is 54.2 Å². The molecule has 1 N–H and O–H groups in total. The summed E-state index contributed by atoms with van der Waals surface area (Å²) in [6.07, 6.45) is -0.643. The Morgan fingerprint density at radius 1 is 1.11 bits per heavy atom. The minimum Gasteiger partial charge on any atom is -0.467 e. The number of hydrogen-bond acceptors (Lipinski definition) is 5. The molecule has 1 saturated heterocycles. The molecule has 154 valence electrons. The van der Waals surface area contributed by atoms with E-state index in [0.717, 1.165) is 0 Å². The fourth-order valence-electron chi connectivity index (χ4n) is 4.14. The van der Waals surface area contributed by atoms with Crippen molar-refractivity contribution in [3.63, 3.8) is 0 Å². The Morgan fingerprint density at radius 3 is 2.11 bits per heavy atom. The lowest BCUT2D eigenvalue weighted by atomic mass is 9.85. The highest BCUT2D eigenvalue weighted by Gasteiger charge is 2.70. The predicted octanol–water partition coefficient (Wildman–Crippen LogP) is 2.58. The van der Waals surface area contributed by atoms with Crippen LogP contribution in [0, 0.1) is 22.7 Å². The Labute approximate surface area is 162 Å².